The van der Waals surface area contributed by atoms with Crippen LogP contribution in [0.4, 0.5) is 5.82 Å². The number of hydrogen-bond donors (Lipinski definition) is 2. The Morgan fingerprint density at radius 2 is 2.17 bits per heavy atom. The summed E-state index contributed by atoms with van der Waals surface area (Å²) in [4.78, 5) is 14.2. The Bertz CT molecular complexity index is 400. The summed E-state index contributed by atoms with van der Waals surface area (Å²) in [6.45, 7) is 0. The minimum atomic E-state index is 0. The molecule has 0 saturated heterocycles. The number of anilines is 1. The minimum Gasteiger partial charge on any atom is -0.382 e. The maximum atomic E-state index is 5.52. The molecule has 7 heteroatoms. The van der Waals surface area contributed by atoms with Gasteiger partial charge in [-0.1, -0.05) is 0 Å². The Morgan fingerprint density at radius 1 is 1.42 bits per heavy atom. The van der Waals surface area contributed by atoms with Gasteiger partial charge in [0.25, 0.3) is 0 Å². The van der Waals surface area contributed by atoms with Gasteiger partial charge in [0.05, 0.1) is 6.33 Å². The van der Waals surface area contributed by atoms with Gasteiger partial charge in [-0.3, -0.25) is 0 Å². The van der Waals surface area contributed by atoms with Crippen LogP contribution in [-0.4, -0.2) is 49.5 Å². The van der Waals surface area contributed by atoms with Gasteiger partial charge in [-0.15, -0.1) is 0 Å². The van der Waals surface area contributed by atoms with Crippen molar-refractivity contribution in [3.8, 4) is 0 Å². The number of hydrogen-bond acceptors (Lipinski definition) is 4. The number of fused-ring (bicyclic) bond motifs is 1. The number of H-pyrrole nitrogens is 1. The summed E-state index contributed by atoms with van der Waals surface area (Å²) in [5, 5.41) is 0.113. The van der Waals surface area contributed by atoms with Gasteiger partial charge in [0, 0.05) is 29.6 Å². The van der Waals surface area contributed by atoms with Gasteiger partial charge in [0.15, 0.2) is 11.5 Å². The normalized spacial score (nSPS) is 9.75. The Kier molecular flexibility index (Phi) is 2.89. The molecule has 12 heavy (non-hydrogen) atoms. The standard InChI is InChI=1S/C5H4ClN5.Na/c6-5-10-3(7)2-4(11-5)9-1-8-2;/h1H,(H3,7,8,9,10,11);. The second-order valence-corrected chi connectivity index (χ2v) is 2.32. The largest absolute Gasteiger partial charge is 0.382 e. The molecule has 2 rings (SSSR count). The van der Waals surface area contributed by atoms with Gasteiger partial charge in [-0.2, -0.15) is 9.97 Å². The molecule has 0 aliphatic carbocycles. The molecule has 0 aliphatic heterocycles. The molecule has 0 aliphatic rings. The predicted molar refractivity (Wildman–Crippen MR) is 46.9 cm³/mol. The van der Waals surface area contributed by atoms with E-state index < -0.39 is 0 Å². The summed E-state index contributed by atoms with van der Waals surface area (Å²) in [5.74, 6) is 0.317. The fourth-order valence-corrected chi connectivity index (χ4v) is 0.999. The number of imidazole rings is 1. The fourth-order valence-electron chi connectivity index (χ4n) is 0.828. The van der Waals surface area contributed by atoms with E-state index in [2.05, 4.69) is 19.9 Å². The van der Waals surface area contributed by atoms with Gasteiger partial charge in [-0.05, 0) is 11.6 Å². The zero-order valence-corrected chi connectivity index (χ0v) is 9.13. The van der Waals surface area contributed by atoms with E-state index in [1.165, 1.54) is 6.33 Å². The first-order valence-electron chi connectivity index (χ1n) is 2.89. The maximum absolute atomic E-state index is 5.52. The summed E-state index contributed by atoms with van der Waals surface area (Å²) >= 11 is 5.52. The van der Waals surface area contributed by atoms with Crippen LogP contribution < -0.4 is 5.73 Å². The van der Waals surface area contributed by atoms with E-state index in [-0.39, 0.29) is 34.8 Å². The van der Waals surface area contributed by atoms with E-state index in [9.17, 15) is 0 Å². The van der Waals surface area contributed by atoms with Crippen molar-refractivity contribution >= 4 is 58.1 Å². The first-order chi connectivity index (χ1) is 5.27. The van der Waals surface area contributed by atoms with Crippen molar-refractivity contribution in [2.24, 2.45) is 0 Å². The number of aromatic amines is 1. The van der Waals surface area contributed by atoms with E-state index in [4.69, 9.17) is 17.3 Å². The van der Waals surface area contributed by atoms with Crippen molar-refractivity contribution < 1.29 is 0 Å². The molecular weight excluding hydrogens is 189 g/mol. The third-order valence-corrected chi connectivity index (χ3v) is 1.46. The van der Waals surface area contributed by atoms with Crippen LogP contribution in [0.25, 0.3) is 11.2 Å². The van der Waals surface area contributed by atoms with Gasteiger partial charge >= 0.3 is 0 Å². The molecule has 1 radical (unpaired) electrons. The SMILES string of the molecule is Nc1nc(Cl)nc2nc[nH]c12.[Na]. The number of aromatic nitrogens is 4. The summed E-state index contributed by atoms with van der Waals surface area (Å²) in [6.07, 6.45) is 1.49. The number of nitrogens with one attached hydrogen (secondary N) is 1. The third-order valence-electron chi connectivity index (χ3n) is 1.29. The summed E-state index contributed by atoms with van der Waals surface area (Å²) < 4.78 is 0. The molecule has 0 amide bonds. The molecule has 0 atom stereocenters. The van der Waals surface area contributed by atoms with E-state index in [1.54, 1.807) is 0 Å². The maximum Gasteiger partial charge on any atom is 0.226 e. The molecule has 0 spiro atoms. The van der Waals surface area contributed by atoms with Crippen LogP contribution >= 0.6 is 11.6 Å². The average Bonchev–Trinajstić information content (AvgIpc) is 2.34. The van der Waals surface area contributed by atoms with Crippen molar-refractivity contribution in [1.82, 2.24) is 19.9 Å². The van der Waals surface area contributed by atoms with Crippen LogP contribution in [0, 0.1) is 0 Å². The molecule has 2 aromatic rings. The molecule has 2 aromatic heterocycles. The van der Waals surface area contributed by atoms with Crippen molar-refractivity contribution in [2.45, 2.75) is 0 Å². The van der Waals surface area contributed by atoms with Crippen LogP contribution in [0.15, 0.2) is 6.33 Å². The van der Waals surface area contributed by atoms with Crippen molar-refractivity contribution in [1.29, 1.82) is 0 Å². The second kappa shape index (κ2) is 3.57. The first-order valence-corrected chi connectivity index (χ1v) is 3.27. The van der Waals surface area contributed by atoms with Crippen molar-refractivity contribution in [3.05, 3.63) is 11.6 Å². The fraction of sp³-hybridized carbons (Fsp3) is 0. The molecule has 0 unspecified atom stereocenters. The quantitative estimate of drug-likeness (QED) is 0.462. The van der Waals surface area contributed by atoms with Crippen LogP contribution in [0.3, 0.4) is 0 Å². The van der Waals surface area contributed by atoms with E-state index in [1.807, 2.05) is 0 Å². The summed E-state index contributed by atoms with van der Waals surface area (Å²) in [5.41, 5.74) is 6.60. The number of nitrogens with zero attached hydrogens (tertiary/aromatic N) is 3. The zero-order chi connectivity index (χ0) is 7.84. The van der Waals surface area contributed by atoms with Gasteiger partial charge in [0.2, 0.25) is 5.28 Å². The third kappa shape index (κ3) is 1.54. The van der Waals surface area contributed by atoms with Crippen LogP contribution in [0.2, 0.25) is 5.28 Å². The topological polar surface area (TPSA) is 80.5 Å². The molecule has 5 nitrogen and oxygen atoms in total. The molecule has 0 aromatic carbocycles. The molecule has 3 N–H and O–H groups in total. The van der Waals surface area contributed by atoms with Crippen LogP contribution in [-0.2, 0) is 0 Å². The van der Waals surface area contributed by atoms with E-state index in [0.29, 0.717) is 17.0 Å². The Hall–Kier alpha value is -0.360. The van der Waals surface area contributed by atoms with Crippen LogP contribution in [0.5, 0.6) is 0 Å². The van der Waals surface area contributed by atoms with E-state index in [0.717, 1.165) is 0 Å². The second-order valence-electron chi connectivity index (χ2n) is 1.98. The van der Waals surface area contributed by atoms with Gasteiger partial charge in [-0.25, -0.2) is 4.98 Å². The number of halogens is 1. The van der Waals surface area contributed by atoms with E-state index >= 15 is 0 Å². The average molecular weight is 193 g/mol. The minimum absolute atomic E-state index is 0. The number of nitrogens with two attached hydrogens (primary N) is 1. The molecule has 0 bridgehead atoms. The zero-order valence-electron chi connectivity index (χ0n) is 6.37. The molecule has 0 saturated carbocycles. The molecule has 57 valence electrons. The van der Waals surface area contributed by atoms with Crippen LogP contribution in [0.1, 0.15) is 0 Å². The summed E-state index contributed by atoms with van der Waals surface area (Å²) in [6, 6.07) is 0. The monoisotopic (exact) mass is 192 g/mol. The molecular formula is C5H4ClN5Na. The Balaban J connectivity index is 0.000000720. The number of nitrogen functional groups attached to an aromatic ring is 1. The van der Waals surface area contributed by atoms with Gasteiger partial charge < -0.3 is 10.7 Å². The van der Waals surface area contributed by atoms with Crippen molar-refractivity contribution in [2.75, 3.05) is 5.73 Å². The summed E-state index contributed by atoms with van der Waals surface area (Å²) in [7, 11) is 0. The number of rotatable bonds is 0. The van der Waals surface area contributed by atoms with Crippen molar-refractivity contribution in [3.63, 3.8) is 0 Å². The Morgan fingerprint density at radius 3 is 2.92 bits per heavy atom. The smallest absolute Gasteiger partial charge is 0.226 e. The Labute approximate surface area is 95.0 Å². The first kappa shape index (κ1) is 9.73. The van der Waals surface area contributed by atoms with Gasteiger partial charge in [0.1, 0.15) is 5.52 Å². The molecule has 0 fully saturated rings. The molecule has 2 heterocycles. The predicted octanol–water partition coefficient (Wildman–Crippen LogP) is 0.208.